The van der Waals surface area contributed by atoms with Gasteiger partial charge in [0.1, 0.15) is 28.6 Å². The lowest BCUT2D eigenvalue weighted by molar-refractivity contribution is -0.0158. The summed E-state index contributed by atoms with van der Waals surface area (Å²) in [7, 11) is 2.17. The molecule has 9 nitrogen and oxygen atoms in total. The summed E-state index contributed by atoms with van der Waals surface area (Å²) in [5.41, 5.74) is -1.15. The third-order valence-electron chi connectivity index (χ3n) is 10.7. The van der Waals surface area contributed by atoms with Gasteiger partial charge in [0.25, 0.3) is 0 Å². The van der Waals surface area contributed by atoms with E-state index < -0.39 is 17.2 Å². The number of likely N-dealkylation sites (tertiary alicyclic amines) is 1. The molecule has 3 aliphatic rings. The fourth-order valence-corrected chi connectivity index (χ4v) is 8.08. The molecule has 0 bridgehead atoms. The lowest BCUT2D eigenvalue weighted by Gasteiger charge is -2.44. The summed E-state index contributed by atoms with van der Waals surface area (Å²) in [6.07, 6.45) is 12.6. The number of aliphatic hydroxyl groups is 1. The summed E-state index contributed by atoms with van der Waals surface area (Å²) in [5.74, 6) is 0.988. The Balaban J connectivity index is 1.38. The first-order chi connectivity index (χ1) is 23.0. The van der Waals surface area contributed by atoms with Crippen LogP contribution in [-0.2, 0) is 4.74 Å². The van der Waals surface area contributed by atoms with Crippen LogP contribution in [-0.4, -0.2) is 88.2 Å². The van der Waals surface area contributed by atoms with Gasteiger partial charge in [-0.15, -0.1) is 6.42 Å². The second-order valence-electron chi connectivity index (χ2n) is 14.2. The average molecular weight is 658 g/mol. The van der Waals surface area contributed by atoms with Gasteiger partial charge in [-0.05, 0) is 76.7 Å². The minimum atomic E-state index is -1.04. The van der Waals surface area contributed by atoms with Gasteiger partial charge in [-0.2, -0.15) is 9.97 Å². The van der Waals surface area contributed by atoms with Crippen LogP contribution < -0.4 is 9.64 Å². The van der Waals surface area contributed by atoms with Crippen molar-refractivity contribution in [3.63, 3.8) is 0 Å². The van der Waals surface area contributed by atoms with E-state index in [0.29, 0.717) is 55.5 Å². The molecule has 1 saturated carbocycles. The standard InChI is InChI=1S/C37H41F2N5O4/c1-5-25-28(38)10-9-22-16-24(45)17-26(30(22)25)32-31(39)33-27(18-40-32)34(44-14-15-47-20-23(19-44)36(2,3)46)42-35(41-33)48-21-37-11-6-8-29(37)43(4)13-7-12-37/h1,9-10,16-18,23,29,45-46H,6-8,11-15,19-21H2,2-4H3/t23?,29-,37-/m1/s1. The van der Waals surface area contributed by atoms with Crippen molar-refractivity contribution < 1.29 is 28.5 Å². The summed E-state index contributed by atoms with van der Waals surface area (Å²) in [5, 5.41) is 22.6. The summed E-state index contributed by atoms with van der Waals surface area (Å²) >= 11 is 0. The molecule has 4 aromatic rings. The zero-order chi connectivity index (χ0) is 33.8. The molecule has 2 aliphatic heterocycles. The van der Waals surface area contributed by atoms with Crippen LogP contribution in [0.3, 0.4) is 0 Å². The summed E-state index contributed by atoms with van der Waals surface area (Å²) in [6, 6.07) is 5.93. The normalized spacial score (nSPS) is 23.6. The van der Waals surface area contributed by atoms with E-state index in [2.05, 4.69) is 27.8 Å². The van der Waals surface area contributed by atoms with Crippen molar-refractivity contribution in [2.75, 3.05) is 51.4 Å². The number of aromatic nitrogens is 3. The SMILES string of the molecule is C#Cc1c(F)ccc2cc(O)cc(-c3ncc4c(N5CCOCC(C(C)(C)O)C5)nc(OC[C@]56CCC[C@H]5N(C)CCC6)nc4c3F)c12. The summed E-state index contributed by atoms with van der Waals surface area (Å²) in [6.45, 7) is 6.54. The predicted octanol–water partition coefficient (Wildman–Crippen LogP) is 5.68. The minimum Gasteiger partial charge on any atom is -0.508 e. The Hall–Kier alpha value is -4.11. The highest BCUT2D eigenvalue weighted by atomic mass is 19.1. The van der Waals surface area contributed by atoms with E-state index >= 15 is 4.39 Å². The number of piperidine rings is 1. The molecular formula is C37H41F2N5O4. The zero-order valence-electron chi connectivity index (χ0n) is 27.6. The number of phenolic OH excluding ortho intramolecular Hbond substituents is 1. The van der Waals surface area contributed by atoms with Crippen LogP contribution in [0.15, 0.2) is 30.5 Å². The molecule has 1 aliphatic carbocycles. The van der Waals surface area contributed by atoms with Gasteiger partial charge in [0.15, 0.2) is 5.82 Å². The first kappa shape index (κ1) is 32.4. The topological polar surface area (TPSA) is 104 Å². The van der Waals surface area contributed by atoms with Gasteiger partial charge in [-0.1, -0.05) is 18.4 Å². The Kier molecular flexibility index (Phi) is 8.38. The van der Waals surface area contributed by atoms with E-state index in [1.807, 2.05) is 4.90 Å². The number of aromatic hydroxyl groups is 1. The van der Waals surface area contributed by atoms with Gasteiger partial charge in [0.2, 0.25) is 0 Å². The number of hydrogen-bond donors (Lipinski definition) is 2. The molecule has 2 aromatic carbocycles. The molecule has 0 spiro atoms. The predicted molar refractivity (Wildman–Crippen MR) is 180 cm³/mol. The van der Waals surface area contributed by atoms with E-state index in [4.69, 9.17) is 20.9 Å². The van der Waals surface area contributed by atoms with Crippen molar-refractivity contribution in [3.05, 3.63) is 47.7 Å². The Morgan fingerprint density at radius 2 is 1.98 bits per heavy atom. The maximum atomic E-state index is 17.0. The average Bonchev–Trinajstić information content (AvgIpc) is 3.33. The van der Waals surface area contributed by atoms with Gasteiger partial charge in [0, 0.05) is 47.6 Å². The van der Waals surface area contributed by atoms with Crippen LogP contribution >= 0.6 is 0 Å². The van der Waals surface area contributed by atoms with E-state index in [-0.39, 0.29) is 50.8 Å². The minimum absolute atomic E-state index is 0.0265. The first-order valence-corrected chi connectivity index (χ1v) is 16.7. The van der Waals surface area contributed by atoms with Crippen molar-refractivity contribution in [2.24, 2.45) is 11.3 Å². The maximum absolute atomic E-state index is 17.0. The highest BCUT2D eigenvalue weighted by Gasteiger charge is 2.47. The van der Waals surface area contributed by atoms with Crippen molar-refractivity contribution in [2.45, 2.75) is 57.6 Å². The third kappa shape index (κ3) is 5.70. The van der Waals surface area contributed by atoms with Gasteiger partial charge in [-0.3, -0.25) is 4.98 Å². The fourth-order valence-electron chi connectivity index (χ4n) is 8.08. The number of fused-ring (bicyclic) bond motifs is 3. The van der Waals surface area contributed by atoms with Crippen LogP contribution in [0, 0.1) is 35.3 Å². The van der Waals surface area contributed by atoms with Crippen molar-refractivity contribution in [1.29, 1.82) is 0 Å². The highest BCUT2D eigenvalue weighted by Crippen LogP contribution is 2.47. The molecular weight excluding hydrogens is 616 g/mol. The Bertz CT molecular complexity index is 1920. The molecule has 3 atom stereocenters. The highest BCUT2D eigenvalue weighted by molar-refractivity contribution is 6.03. The monoisotopic (exact) mass is 657 g/mol. The summed E-state index contributed by atoms with van der Waals surface area (Å²) in [4.78, 5) is 18.4. The molecule has 0 amide bonds. The zero-order valence-corrected chi connectivity index (χ0v) is 27.6. The van der Waals surface area contributed by atoms with Crippen LogP contribution in [0.2, 0.25) is 0 Å². The fraction of sp³-hybridized carbons (Fsp3) is 0.486. The van der Waals surface area contributed by atoms with Gasteiger partial charge in [-0.25, -0.2) is 8.78 Å². The van der Waals surface area contributed by atoms with Gasteiger partial charge >= 0.3 is 6.01 Å². The number of benzene rings is 2. The molecule has 1 unspecified atom stereocenters. The Morgan fingerprint density at radius 1 is 1.17 bits per heavy atom. The van der Waals surface area contributed by atoms with E-state index in [9.17, 15) is 14.6 Å². The number of pyridine rings is 1. The smallest absolute Gasteiger partial charge is 0.319 e. The van der Waals surface area contributed by atoms with Crippen molar-refractivity contribution in [1.82, 2.24) is 19.9 Å². The number of phenols is 1. The largest absolute Gasteiger partial charge is 0.508 e. The quantitative estimate of drug-likeness (QED) is 0.254. The molecule has 252 valence electrons. The number of nitrogens with zero attached hydrogens (tertiary/aromatic N) is 5. The molecule has 7 rings (SSSR count). The second kappa shape index (κ2) is 12.4. The van der Waals surface area contributed by atoms with E-state index in [1.165, 1.54) is 30.5 Å². The van der Waals surface area contributed by atoms with E-state index in [1.54, 1.807) is 13.8 Å². The van der Waals surface area contributed by atoms with Crippen LogP contribution in [0.4, 0.5) is 14.6 Å². The number of hydrogen-bond acceptors (Lipinski definition) is 9. The van der Waals surface area contributed by atoms with Crippen LogP contribution in [0.25, 0.3) is 32.9 Å². The second-order valence-corrected chi connectivity index (χ2v) is 14.2. The molecule has 11 heteroatoms. The lowest BCUT2D eigenvalue weighted by atomic mass is 9.76. The molecule has 4 heterocycles. The van der Waals surface area contributed by atoms with Crippen LogP contribution in [0.5, 0.6) is 11.8 Å². The van der Waals surface area contributed by atoms with Crippen LogP contribution in [0.1, 0.15) is 51.5 Å². The number of rotatable bonds is 6. The van der Waals surface area contributed by atoms with Crippen molar-refractivity contribution in [3.8, 4) is 35.4 Å². The summed E-state index contributed by atoms with van der Waals surface area (Å²) < 4.78 is 44.2. The molecule has 3 fully saturated rings. The molecule has 48 heavy (non-hydrogen) atoms. The van der Waals surface area contributed by atoms with E-state index in [0.717, 1.165) is 38.6 Å². The lowest BCUT2D eigenvalue weighted by Crippen LogP contribution is -2.50. The molecule has 2 saturated heterocycles. The Labute approximate surface area is 278 Å². The molecule has 2 N–H and O–H groups in total. The number of anilines is 1. The van der Waals surface area contributed by atoms with Gasteiger partial charge in [0.05, 0.1) is 36.4 Å². The molecule has 0 radical (unpaired) electrons. The third-order valence-corrected chi connectivity index (χ3v) is 10.7. The number of ether oxygens (including phenoxy) is 2. The Morgan fingerprint density at radius 3 is 2.77 bits per heavy atom. The van der Waals surface area contributed by atoms with Gasteiger partial charge < -0.3 is 29.5 Å². The number of terminal acetylenes is 1. The maximum Gasteiger partial charge on any atom is 0.319 e. The number of halogens is 2. The molecule has 2 aromatic heterocycles. The first-order valence-electron chi connectivity index (χ1n) is 16.7. The van der Waals surface area contributed by atoms with Crippen molar-refractivity contribution >= 4 is 27.5 Å².